The van der Waals surface area contributed by atoms with Crippen LogP contribution >= 0.6 is 0 Å². The summed E-state index contributed by atoms with van der Waals surface area (Å²) in [6.07, 6.45) is 3.18. The zero-order chi connectivity index (χ0) is 11.4. The molecular formula is C12H23NO3. The average Bonchev–Trinajstić information content (AvgIpc) is 2.30. The largest absolute Gasteiger partial charge is 0.391 e. The van der Waals surface area contributed by atoms with Gasteiger partial charge in [-0.3, -0.25) is 4.90 Å². The number of rotatable bonds is 3. The first-order valence-electron chi connectivity index (χ1n) is 6.42. The van der Waals surface area contributed by atoms with Crippen molar-refractivity contribution >= 4 is 0 Å². The molecule has 0 aromatic heterocycles. The van der Waals surface area contributed by atoms with Gasteiger partial charge in [0.2, 0.25) is 0 Å². The van der Waals surface area contributed by atoms with Crippen molar-refractivity contribution in [2.24, 2.45) is 0 Å². The Morgan fingerprint density at radius 3 is 3.06 bits per heavy atom. The third-order valence-electron chi connectivity index (χ3n) is 3.57. The Labute approximate surface area is 97.5 Å². The molecule has 0 aromatic carbocycles. The predicted molar refractivity (Wildman–Crippen MR) is 61.5 cm³/mol. The van der Waals surface area contributed by atoms with Crippen LogP contribution in [-0.2, 0) is 9.47 Å². The van der Waals surface area contributed by atoms with Gasteiger partial charge in [0.15, 0.2) is 0 Å². The molecule has 0 spiro atoms. The summed E-state index contributed by atoms with van der Waals surface area (Å²) in [6, 6.07) is 0.178. The van der Waals surface area contributed by atoms with Crippen molar-refractivity contribution in [2.75, 3.05) is 32.9 Å². The van der Waals surface area contributed by atoms with Crippen molar-refractivity contribution in [3.05, 3.63) is 0 Å². The van der Waals surface area contributed by atoms with Crippen LogP contribution < -0.4 is 0 Å². The number of hydrogen-bond donors (Lipinski definition) is 1. The summed E-state index contributed by atoms with van der Waals surface area (Å²) >= 11 is 0. The molecule has 2 heterocycles. The van der Waals surface area contributed by atoms with Crippen LogP contribution in [0.25, 0.3) is 0 Å². The van der Waals surface area contributed by atoms with Gasteiger partial charge in [-0.15, -0.1) is 0 Å². The summed E-state index contributed by atoms with van der Waals surface area (Å²) in [7, 11) is 0. The van der Waals surface area contributed by atoms with Gasteiger partial charge in [0.1, 0.15) is 0 Å². The number of aliphatic hydroxyl groups is 1. The molecule has 2 rings (SSSR count). The highest BCUT2D eigenvalue weighted by Crippen LogP contribution is 2.20. The third kappa shape index (κ3) is 2.94. The summed E-state index contributed by atoms with van der Waals surface area (Å²) in [5.74, 6) is 0. The highest BCUT2D eigenvalue weighted by Gasteiger charge is 2.32. The Morgan fingerprint density at radius 1 is 1.44 bits per heavy atom. The van der Waals surface area contributed by atoms with Crippen molar-refractivity contribution in [1.29, 1.82) is 0 Å². The molecule has 0 saturated carbocycles. The van der Waals surface area contributed by atoms with Crippen LogP contribution in [-0.4, -0.2) is 61.2 Å². The number of nitrogens with zero attached hydrogens (tertiary/aromatic N) is 1. The van der Waals surface area contributed by atoms with Crippen LogP contribution in [0.3, 0.4) is 0 Å². The Balaban J connectivity index is 1.87. The molecule has 2 aliphatic heterocycles. The van der Waals surface area contributed by atoms with E-state index in [0.717, 1.165) is 39.0 Å². The summed E-state index contributed by atoms with van der Waals surface area (Å²) in [5.41, 5.74) is 0. The standard InChI is InChI=1S/C12H23NO3/c1-2-16-10-4-3-6-13(8-10)11-9-15-7-5-12(11)14/h10-12,14H,2-9H2,1H3. The van der Waals surface area contributed by atoms with Crippen LogP contribution in [0.1, 0.15) is 26.2 Å². The lowest BCUT2D eigenvalue weighted by Crippen LogP contribution is -2.54. The highest BCUT2D eigenvalue weighted by atomic mass is 16.5. The normalized spacial score (nSPS) is 37.5. The Kier molecular flexibility index (Phi) is 4.58. The maximum absolute atomic E-state index is 9.97. The molecule has 1 N–H and O–H groups in total. The molecule has 4 nitrogen and oxygen atoms in total. The zero-order valence-corrected chi connectivity index (χ0v) is 10.1. The van der Waals surface area contributed by atoms with E-state index in [-0.39, 0.29) is 12.1 Å². The van der Waals surface area contributed by atoms with Gasteiger partial charge in [-0.05, 0) is 32.7 Å². The van der Waals surface area contributed by atoms with E-state index >= 15 is 0 Å². The molecule has 2 saturated heterocycles. The van der Waals surface area contributed by atoms with Gasteiger partial charge < -0.3 is 14.6 Å². The summed E-state index contributed by atoms with van der Waals surface area (Å²) in [6.45, 7) is 6.19. The zero-order valence-electron chi connectivity index (χ0n) is 10.1. The van der Waals surface area contributed by atoms with Gasteiger partial charge in [-0.2, -0.15) is 0 Å². The van der Waals surface area contributed by atoms with Crippen LogP contribution in [0.5, 0.6) is 0 Å². The molecule has 0 bridgehead atoms. The van der Waals surface area contributed by atoms with E-state index in [1.54, 1.807) is 0 Å². The minimum atomic E-state index is -0.228. The number of piperidine rings is 1. The fraction of sp³-hybridized carbons (Fsp3) is 1.00. The Morgan fingerprint density at radius 2 is 2.31 bits per heavy atom. The summed E-state index contributed by atoms with van der Waals surface area (Å²) in [4.78, 5) is 2.34. The van der Waals surface area contributed by atoms with Crippen LogP contribution in [0.15, 0.2) is 0 Å². The van der Waals surface area contributed by atoms with Crippen LogP contribution in [0.2, 0.25) is 0 Å². The highest BCUT2D eigenvalue weighted by molar-refractivity contribution is 4.86. The quantitative estimate of drug-likeness (QED) is 0.771. The van der Waals surface area contributed by atoms with Gasteiger partial charge >= 0.3 is 0 Å². The molecule has 4 heteroatoms. The SMILES string of the molecule is CCOC1CCCN(C2COCCC2O)C1. The van der Waals surface area contributed by atoms with Crippen molar-refractivity contribution < 1.29 is 14.6 Å². The van der Waals surface area contributed by atoms with Gasteiger partial charge in [0.25, 0.3) is 0 Å². The molecule has 3 atom stereocenters. The van der Waals surface area contributed by atoms with E-state index in [9.17, 15) is 5.11 Å². The minimum absolute atomic E-state index is 0.178. The lowest BCUT2D eigenvalue weighted by Gasteiger charge is -2.41. The first-order valence-corrected chi connectivity index (χ1v) is 6.42. The van der Waals surface area contributed by atoms with E-state index in [1.807, 2.05) is 6.92 Å². The van der Waals surface area contributed by atoms with Crippen LogP contribution in [0, 0.1) is 0 Å². The maximum Gasteiger partial charge on any atom is 0.0739 e. The first-order chi connectivity index (χ1) is 7.81. The minimum Gasteiger partial charge on any atom is -0.391 e. The van der Waals surface area contributed by atoms with Crippen molar-refractivity contribution in [1.82, 2.24) is 4.90 Å². The monoisotopic (exact) mass is 229 g/mol. The van der Waals surface area contributed by atoms with E-state index in [4.69, 9.17) is 9.47 Å². The van der Waals surface area contributed by atoms with E-state index in [1.165, 1.54) is 0 Å². The number of ether oxygens (including phenoxy) is 2. The molecule has 0 radical (unpaired) electrons. The number of likely N-dealkylation sites (tertiary alicyclic amines) is 1. The molecule has 0 aromatic rings. The molecule has 2 aliphatic rings. The maximum atomic E-state index is 9.97. The van der Waals surface area contributed by atoms with Crippen molar-refractivity contribution in [3.8, 4) is 0 Å². The lowest BCUT2D eigenvalue weighted by molar-refractivity contribution is -0.0873. The Hall–Kier alpha value is -0.160. The van der Waals surface area contributed by atoms with Crippen molar-refractivity contribution in [2.45, 2.75) is 44.4 Å². The van der Waals surface area contributed by atoms with Crippen molar-refractivity contribution in [3.63, 3.8) is 0 Å². The molecule has 94 valence electrons. The van der Waals surface area contributed by atoms with E-state index in [0.29, 0.717) is 19.3 Å². The fourth-order valence-corrected chi connectivity index (χ4v) is 2.70. The molecule has 3 unspecified atom stereocenters. The number of hydrogen-bond acceptors (Lipinski definition) is 4. The molecular weight excluding hydrogens is 206 g/mol. The fourth-order valence-electron chi connectivity index (χ4n) is 2.70. The average molecular weight is 229 g/mol. The van der Waals surface area contributed by atoms with Gasteiger partial charge in [0, 0.05) is 19.8 Å². The predicted octanol–water partition coefficient (Wildman–Crippen LogP) is 0.637. The van der Waals surface area contributed by atoms with Gasteiger partial charge in [-0.25, -0.2) is 0 Å². The van der Waals surface area contributed by atoms with Gasteiger partial charge in [0.05, 0.1) is 24.9 Å². The topological polar surface area (TPSA) is 41.9 Å². The molecule has 16 heavy (non-hydrogen) atoms. The first kappa shape index (κ1) is 12.3. The molecule has 0 amide bonds. The summed E-state index contributed by atoms with van der Waals surface area (Å²) < 4.78 is 11.1. The lowest BCUT2D eigenvalue weighted by atomic mass is 10.0. The second-order valence-electron chi connectivity index (χ2n) is 4.71. The van der Waals surface area contributed by atoms with Crippen LogP contribution in [0.4, 0.5) is 0 Å². The third-order valence-corrected chi connectivity index (χ3v) is 3.57. The number of aliphatic hydroxyl groups excluding tert-OH is 1. The molecule has 0 aliphatic carbocycles. The smallest absolute Gasteiger partial charge is 0.0739 e. The second-order valence-corrected chi connectivity index (χ2v) is 4.71. The second kappa shape index (κ2) is 5.96. The Bertz CT molecular complexity index is 210. The van der Waals surface area contributed by atoms with E-state index < -0.39 is 0 Å². The van der Waals surface area contributed by atoms with Gasteiger partial charge in [-0.1, -0.05) is 0 Å². The molecule has 2 fully saturated rings. The van der Waals surface area contributed by atoms with E-state index in [2.05, 4.69) is 4.90 Å². The summed E-state index contributed by atoms with van der Waals surface area (Å²) in [5, 5.41) is 9.97.